The molecule has 74 valence electrons. The summed E-state index contributed by atoms with van der Waals surface area (Å²) in [6.45, 7) is 2.03. The summed E-state index contributed by atoms with van der Waals surface area (Å²) in [4.78, 5) is 20.9. The first kappa shape index (κ1) is 10.2. The van der Waals surface area contributed by atoms with Crippen molar-refractivity contribution in [1.29, 1.82) is 0 Å². The molecule has 0 saturated carbocycles. The number of carbonyl (C=O) groups is 1. The molecule has 0 aliphatic rings. The summed E-state index contributed by atoms with van der Waals surface area (Å²) in [5, 5.41) is 3.20. The first-order valence-electron chi connectivity index (χ1n) is 4.09. The fourth-order valence-electron chi connectivity index (χ4n) is 1.13. The third-order valence-electron chi connectivity index (χ3n) is 1.77. The molecule has 2 amide bonds. The lowest BCUT2D eigenvalue weighted by Crippen LogP contribution is -2.30. The molecule has 1 aromatic carbocycles. The van der Waals surface area contributed by atoms with E-state index in [-0.39, 0.29) is 6.54 Å². The van der Waals surface area contributed by atoms with Crippen LogP contribution in [0.2, 0.25) is 0 Å². The predicted octanol–water partition coefficient (Wildman–Crippen LogP) is 1.56. The number of benzene rings is 1. The summed E-state index contributed by atoms with van der Waals surface area (Å²) in [5.74, 6) is 0. The van der Waals surface area contributed by atoms with Crippen LogP contribution < -0.4 is 5.73 Å². The number of rotatable bonds is 3. The van der Waals surface area contributed by atoms with E-state index in [4.69, 9.17) is 5.73 Å². The Kier molecular flexibility index (Phi) is 3.17. The summed E-state index contributed by atoms with van der Waals surface area (Å²) >= 11 is 0. The largest absolute Gasteiger partial charge is 0.350 e. The van der Waals surface area contributed by atoms with Crippen molar-refractivity contribution in [2.45, 2.75) is 13.5 Å². The summed E-state index contributed by atoms with van der Waals surface area (Å²) in [6, 6.07) is 6.58. The van der Waals surface area contributed by atoms with Gasteiger partial charge in [0, 0.05) is 0 Å². The number of carbonyl (C=O) groups excluding carboxylic acids is 1. The minimum Gasteiger partial charge on any atom is -0.350 e. The van der Waals surface area contributed by atoms with Gasteiger partial charge >= 0.3 is 6.03 Å². The van der Waals surface area contributed by atoms with E-state index in [1.807, 2.05) is 25.1 Å². The number of nitroso groups, excluding NO2 is 1. The highest BCUT2D eigenvalue weighted by molar-refractivity contribution is 5.71. The third kappa shape index (κ3) is 2.55. The lowest BCUT2D eigenvalue weighted by atomic mass is 10.1. The summed E-state index contributed by atoms with van der Waals surface area (Å²) in [6.07, 6.45) is 0. The van der Waals surface area contributed by atoms with E-state index in [0.29, 0.717) is 5.01 Å². The Morgan fingerprint density at radius 3 is 2.79 bits per heavy atom. The highest BCUT2D eigenvalue weighted by atomic mass is 16.3. The number of amides is 2. The lowest BCUT2D eigenvalue weighted by molar-refractivity contribution is 0.206. The molecule has 0 aliphatic carbocycles. The minimum atomic E-state index is -0.846. The van der Waals surface area contributed by atoms with Crippen molar-refractivity contribution in [2.75, 3.05) is 0 Å². The standard InChI is InChI=1S/C9H11N3O2/c1-7-3-2-4-8(5-7)6-12(11-14)9(10)13/h2-5H,6H2,1H3,(H2,10,13). The molecule has 0 radical (unpaired) electrons. The molecule has 0 fully saturated rings. The molecule has 0 unspecified atom stereocenters. The number of hydrogen-bond donors (Lipinski definition) is 1. The minimum absolute atomic E-state index is 0.112. The average molecular weight is 193 g/mol. The smallest absolute Gasteiger partial charge is 0.338 e. The van der Waals surface area contributed by atoms with Gasteiger partial charge in [-0.05, 0) is 12.5 Å². The Balaban J connectivity index is 2.76. The van der Waals surface area contributed by atoms with Gasteiger partial charge in [0.05, 0.1) is 11.8 Å². The second-order valence-electron chi connectivity index (χ2n) is 2.97. The fraction of sp³-hybridized carbons (Fsp3) is 0.222. The zero-order chi connectivity index (χ0) is 10.6. The van der Waals surface area contributed by atoms with E-state index in [9.17, 15) is 9.70 Å². The molecule has 0 aliphatic heterocycles. The van der Waals surface area contributed by atoms with Crippen molar-refractivity contribution in [3.8, 4) is 0 Å². The fourth-order valence-corrected chi connectivity index (χ4v) is 1.13. The van der Waals surface area contributed by atoms with Crippen LogP contribution in [-0.4, -0.2) is 11.0 Å². The van der Waals surface area contributed by atoms with E-state index < -0.39 is 6.03 Å². The van der Waals surface area contributed by atoms with Gasteiger partial charge in [-0.3, -0.25) is 0 Å². The molecule has 1 rings (SSSR count). The summed E-state index contributed by atoms with van der Waals surface area (Å²) < 4.78 is 0. The van der Waals surface area contributed by atoms with Crippen molar-refractivity contribution in [3.05, 3.63) is 40.3 Å². The number of urea groups is 1. The van der Waals surface area contributed by atoms with Crippen molar-refractivity contribution < 1.29 is 4.79 Å². The number of aryl methyl sites for hydroxylation is 1. The summed E-state index contributed by atoms with van der Waals surface area (Å²) in [5.41, 5.74) is 6.80. The van der Waals surface area contributed by atoms with Crippen LogP contribution in [0.4, 0.5) is 4.79 Å². The van der Waals surface area contributed by atoms with E-state index in [1.165, 1.54) is 0 Å². The first-order chi connectivity index (χ1) is 6.63. The molecule has 0 bridgehead atoms. The van der Waals surface area contributed by atoms with Crippen LogP contribution in [0.5, 0.6) is 0 Å². The van der Waals surface area contributed by atoms with Crippen LogP contribution in [-0.2, 0) is 6.54 Å². The van der Waals surface area contributed by atoms with Crippen LogP contribution in [0.25, 0.3) is 0 Å². The first-order valence-corrected chi connectivity index (χ1v) is 4.09. The van der Waals surface area contributed by atoms with Gasteiger partial charge in [0.15, 0.2) is 0 Å². The molecule has 2 N–H and O–H groups in total. The Morgan fingerprint density at radius 2 is 2.29 bits per heavy atom. The highest BCUT2D eigenvalue weighted by Crippen LogP contribution is 2.07. The van der Waals surface area contributed by atoms with Gasteiger partial charge in [0.2, 0.25) is 0 Å². The molecule has 0 spiro atoms. The number of primary amides is 1. The molecule has 0 aromatic heterocycles. The molecule has 14 heavy (non-hydrogen) atoms. The second-order valence-corrected chi connectivity index (χ2v) is 2.97. The molecule has 1 aromatic rings. The van der Waals surface area contributed by atoms with Gasteiger partial charge in [-0.15, -0.1) is 4.91 Å². The molecule has 0 atom stereocenters. The van der Waals surface area contributed by atoms with Crippen molar-refractivity contribution in [2.24, 2.45) is 11.0 Å². The van der Waals surface area contributed by atoms with E-state index in [0.717, 1.165) is 11.1 Å². The molecule has 5 nitrogen and oxygen atoms in total. The van der Waals surface area contributed by atoms with Gasteiger partial charge < -0.3 is 5.73 Å². The Labute approximate surface area is 81.5 Å². The quantitative estimate of drug-likeness (QED) is 0.584. The maximum Gasteiger partial charge on any atom is 0.338 e. The van der Waals surface area contributed by atoms with Gasteiger partial charge in [0.25, 0.3) is 0 Å². The number of hydrogen-bond acceptors (Lipinski definition) is 3. The van der Waals surface area contributed by atoms with Crippen LogP contribution in [0.15, 0.2) is 29.6 Å². The predicted molar refractivity (Wildman–Crippen MR) is 52.1 cm³/mol. The highest BCUT2D eigenvalue weighted by Gasteiger charge is 2.09. The Morgan fingerprint density at radius 1 is 1.57 bits per heavy atom. The van der Waals surface area contributed by atoms with Crippen LogP contribution in [0.3, 0.4) is 0 Å². The van der Waals surface area contributed by atoms with Crippen LogP contribution >= 0.6 is 0 Å². The van der Waals surface area contributed by atoms with Crippen LogP contribution in [0.1, 0.15) is 11.1 Å². The molecule has 0 heterocycles. The molecule has 0 saturated heterocycles. The van der Waals surface area contributed by atoms with Gasteiger partial charge in [-0.1, -0.05) is 29.8 Å². The topological polar surface area (TPSA) is 75.8 Å². The van der Waals surface area contributed by atoms with Gasteiger partial charge in [-0.2, -0.15) is 5.01 Å². The second kappa shape index (κ2) is 4.36. The van der Waals surface area contributed by atoms with E-state index >= 15 is 0 Å². The SMILES string of the molecule is Cc1cccc(CN(N=O)C(N)=O)c1. The monoisotopic (exact) mass is 193 g/mol. The number of nitrogens with zero attached hydrogens (tertiary/aromatic N) is 2. The maximum absolute atomic E-state index is 10.7. The van der Waals surface area contributed by atoms with E-state index in [2.05, 4.69) is 5.29 Å². The average Bonchev–Trinajstić information content (AvgIpc) is 2.14. The van der Waals surface area contributed by atoms with Gasteiger partial charge in [0.1, 0.15) is 0 Å². The third-order valence-corrected chi connectivity index (χ3v) is 1.77. The van der Waals surface area contributed by atoms with E-state index in [1.54, 1.807) is 6.07 Å². The van der Waals surface area contributed by atoms with Crippen molar-refractivity contribution in [1.82, 2.24) is 5.01 Å². The Bertz CT molecular complexity index is 352. The zero-order valence-corrected chi connectivity index (χ0v) is 7.80. The van der Waals surface area contributed by atoms with Crippen LogP contribution in [0, 0.1) is 11.8 Å². The van der Waals surface area contributed by atoms with Crippen molar-refractivity contribution in [3.63, 3.8) is 0 Å². The molecular weight excluding hydrogens is 182 g/mol. The maximum atomic E-state index is 10.7. The molecule has 5 heteroatoms. The van der Waals surface area contributed by atoms with Crippen molar-refractivity contribution >= 4 is 6.03 Å². The Hall–Kier alpha value is -1.91. The van der Waals surface area contributed by atoms with Gasteiger partial charge in [-0.25, -0.2) is 4.79 Å². The zero-order valence-electron chi connectivity index (χ0n) is 7.80. The summed E-state index contributed by atoms with van der Waals surface area (Å²) in [7, 11) is 0. The molecular formula is C9H11N3O2. The number of nitrogens with two attached hydrogens (primary N) is 1. The normalized spacial score (nSPS) is 9.50. The lowest BCUT2D eigenvalue weighted by Gasteiger charge is -2.10.